The third-order valence-corrected chi connectivity index (χ3v) is 4.48. The summed E-state index contributed by atoms with van der Waals surface area (Å²) in [6, 6.07) is 15.5. The molecule has 126 valence electrons. The van der Waals surface area contributed by atoms with Crippen LogP contribution in [0.3, 0.4) is 0 Å². The summed E-state index contributed by atoms with van der Waals surface area (Å²) in [5.41, 5.74) is 1.40. The van der Waals surface area contributed by atoms with Crippen LogP contribution in [0.15, 0.2) is 48.5 Å². The normalized spacial score (nSPS) is 14.8. The van der Waals surface area contributed by atoms with Crippen molar-refractivity contribution in [3.63, 3.8) is 0 Å². The molecule has 3 rings (SSSR count). The summed E-state index contributed by atoms with van der Waals surface area (Å²) >= 11 is 0. The van der Waals surface area contributed by atoms with E-state index in [-0.39, 0.29) is 11.9 Å². The molecule has 0 saturated carbocycles. The van der Waals surface area contributed by atoms with Gasteiger partial charge in [0.1, 0.15) is 13.2 Å². The average molecular weight is 325 g/mol. The van der Waals surface area contributed by atoms with E-state index in [9.17, 15) is 4.79 Å². The number of carbonyl (C=O) groups excluding carboxylic acids is 1. The summed E-state index contributed by atoms with van der Waals surface area (Å²) in [6.07, 6.45) is 0. The van der Waals surface area contributed by atoms with Gasteiger partial charge < -0.3 is 14.8 Å². The summed E-state index contributed by atoms with van der Waals surface area (Å²) in [6.45, 7) is 6.98. The molecule has 1 heterocycles. The van der Waals surface area contributed by atoms with E-state index in [1.165, 1.54) is 0 Å². The number of hydrogen-bond donors (Lipinski definition) is 1. The Hall–Kier alpha value is -2.49. The second kappa shape index (κ2) is 6.56. The van der Waals surface area contributed by atoms with Crippen molar-refractivity contribution in [2.24, 2.45) is 0 Å². The van der Waals surface area contributed by atoms with Crippen LogP contribution in [0.25, 0.3) is 0 Å². The molecule has 1 N–H and O–H groups in total. The Morgan fingerprint density at radius 3 is 2.42 bits per heavy atom. The van der Waals surface area contributed by atoms with E-state index in [1.807, 2.05) is 69.3 Å². The minimum atomic E-state index is -0.594. The number of rotatable bonds is 4. The maximum Gasteiger partial charge on any atom is 0.230 e. The highest BCUT2D eigenvalue weighted by Crippen LogP contribution is 2.33. The maximum absolute atomic E-state index is 12.8. The standard InChI is InChI=1S/C20H23NO3/c1-14(15-9-10-17-18(13-15)24-12-11-23-17)21-19(22)20(2,3)16-7-5-4-6-8-16/h4-10,13-14H,11-12H2,1-3H3,(H,21,22). The molecule has 0 spiro atoms. The van der Waals surface area contributed by atoms with E-state index in [0.717, 1.165) is 22.6 Å². The molecule has 0 bridgehead atoms. The van der Waals surface area contributed by atoms with Gasteiger partial charge >= 0.3 is 0 Å². The monoisotopic (exact) mass is 325 g/mol. The van der Waals surface area contributed by atoms with E-state index in [1.54, 1.807) is 0 Å². The molecule has 24 heavy (non-hydrogen) atoms. The lowest BCUT2D eigenvalue weighted by Gasteiger charge is -2.27. The Morgan fingerprint density at radius 1 is 1.04 bits per heavy atom. The van der Waals surface area contributed by atoms with Crippen molar-refractivity contribution in [2.75, 3.05) is 13.2 Å². The van der Waals surface area contributed by atoms with Gasteiger partial charge in [-0.15, -0.1) is 0 Å². The van der Waals surface area contributed by atoms with Gasteiger partial charge in [-0.05, 0) is 44.0 Å². The maximum atomic E-state index is 12.8. The fraction of sp³-hybridized carbons (Fsp3) is 0.350. The zero-order chi connectivity index (χ0) is 17.2. The Balaban J connectivity index is 1.74. The summed E-state index contributed by atoms with van der Waals surface area (Å²) in [5.74, 6) is 1.49. The van der Waals surface area contributed by atoms with Crippen LogP contribution in [-0.2, 0) is 10.2 Å². The smallest absolute Gasteiger partial charge is 0.230 e. The summed E-state index contributed by atoms with van der Waals surface area (Å²) < 4.78 is 11.2. The molecule has 1 atom stereocenters. The van der Waals surface area contributed by atoms with Crippen molar-refractivity contribution in [3.8, 4) is 11.5 Å². The molecule has 1 unspecified atom stereocenters. The molecule has 1 amide bonds. The first-order valence-electron chi connectivity index (χ1n) is 8.24. The van der Waals surface area contributed by atoms with E-state index in [2.05, 4.69) is 5.32 Å². The van der Waals surface area contributed by atoms with Crippen molar-refractivity contribution in [2.45, 2.75) is 32.2 Å². The molecular formula is C20H23NO3. The lowest BCUT2D eigenvalue weighted by molar-refractivity contribution is -0.126. The molecule has 2 aromatic rings. The second-order valence-electron chi connectivity index (χ2n) is 6.59. The predicted octanol–water partition coefficient (Wildman–Crippen LogP) is 3.61. The molecule has 0 aromatic heterocycles. The van der Waals surface area contributed by atoms with E-state index >= 15 is 0 Å². The number of fused-ring (bicyclic) bond motifs is 1. The molecule has 4 heteroatoms. The van der Waals surface area contributed by atoms with Crippen LogP contribution >= 0.6 is 0 Å². The van der Waals surface area contributed by atoms with Crippen LogP contribution in [0.2, 0.25) is 0 Å². The topological polar surface area (TPSA) is 47.6 Å². The van der Waals surface area contributed by atoms with Crippen LogP contribution in [-0.4, -0.2) is 19.1 Å². The van der Waals surface area contributed by atoms with E-state index < -0.39 is 5.41 Å². The minimum absolute atomic E-state index is 0.00362. The van der Waals surface area contributed by atoms with Gasteiger partial charge in [0.05, 0.1) is 11.5 Å². The SMILES string of the molecule is CC(NC(=O)C(C)(C)c1ccccc1)c1ccc2c(c1)OCCO2. The van der Waals surface area contributed by atoms with E-state index in [0.29, 0.717) is 13.2 Å². The van der Waals surface area contributed by atoms with Gasteiger partial charge in [0.2, 0.25) is 5.91 Å². The number of nitrogens with one attached hydrogen (secondary N) is 1. The highest BCUT2D eigenvalue weighted by molar-refractivity contribution is 5.87. The quantitative estimate of drug-likeness (QED) is 0.934. The lowest BCUT2D eigenvalue weighted by atomic mass is 9.83. The first kappa shape index (κ1) is 16.4. The zero-order valence-electron chi connectivity index (χ0n) is 14.3. The zero-order valence-corrected chi connectivity index (χ0v) is 14.3. The molecule has 0 saturated heterocycles. The highest BCUT2D eigenvalue weighted by Gasteiger charge is 2.30. The fourth-order valence-corrected chi connectivity index (χ4v) is 2.78. The van der Waals surface area contributed by atoms with Crippen molar-refractivity contribution >= 4 is 5.91 Å². The first-order valence-corrected chi connectivity index (χ1v) is 8.24. The number of carbonyl (C=O) groups is 1. The van der Waals surface area contributed by atoms with Crippen LogP contribution in [0.5, 0.6) is 11.5 Å². The highest BCUT2D eigenvalue weighted by atomic mass is 16.6. The molecule has 0 aliphatic carbocycles. The lowest BCUT2D eigenvalue weighted by Crippen LogP contribution is -2.41. The molecule has 1 aliphatic heterocycles. The number of amides is 1. The summed E-state index contributed by atoms with van der Waals surface area (Å²) in [4.78, 5) is 12.8. The molecular weight excluding hydrogens is 302 g/mol. The van der Waals surface area contributed by atoms with E-state index in [4.69, 9.17) is 9.47 Å². The van der Waals surface area contributed by atoms with Gasteiger partial charge in [-0.1, -0.05) is 36.4 Å². The van der Waals surface area contributed by atoms with Gasteiger partial charge in [-0.25, -0.2) is 0 Å². The molecule has 4 nitrogen and oxygen atoms in total. The van der Waals surface area contributed by atoms with Gasteiger partial charge in [0.25, 0.3) is 0 Å². The third kappa shape index (κ3) is 3.23. The van der Waals surface area contributed by atoms with Crippen molar-refractivity contribution < 1.29 is 14.3 Å². The number of hydrogen-bond acceptors (Lipinski definition) is 3. The minimum Gasteiger partial charge on any atom is -0.486 e. The van der Waals surface area contributed by atoms with Gasteiger partial charge in [-0.3, -0.25) is 4.79 Å². The molecule has 0 radical (unpaired) electrons. The molecule has 0 fully saturated rings. The largest absolute Gasteiger partial charge is 0.486 e. The van der Waals surface area contributed by atoms with Crippen molar-refractivity contribution in [1.29, 1.82) is 0 Å². The third-order valence-electron chi connectivity index (χ3n) is 4.48. The second-order valence-corrected chi connectivity index (χ2v) is 6.59. The van der Waals surface area contributed by atoms with Gasteiger partial charge in [0.15, 0.2) is 11.5 Å². The Kier molecular flexibility index (Phi) is 4.47. The number of ether oxygens (including phenoxy) is 2. The van der Waals surface area contributed by atoms with Crippen LogP contribution in [0, 0.1) is 0 Å². The van der Waals surface area contributed by atoms with Gasteiger partial charge in [0, 0.05) is 0 Å². The molecule has 1 aliphatic rings. The van der Waals surface area contributed by atoms with Crippen LogP contribution < -0.4 is 14.8 Å². The molecule has 2 aromatic carbocycles. The first-order chi connectivity index (χ1) is 11.5. The van der Waals surface area contributed by atoms with Crippen molar-refractivity contribution in [1.82, 2.24) is 5.32 Å². The fourth-order valence-electron chi connectivity index (χ4n) is 2.78. The Bertz CT molecular complexity index is 725. The number of benzene rings is 2. The predicted molar refractivity (Wildman–Crippen MR) is 93.5 cm³/mol. The Labute approximate surface area is 142 Å². The summed E-state index contributed by atoms with van der Waals surface area (Å²) in [5, 5.41) is 3.11. The van der Waals surface area contributed by atoms with Crippen LogP contribution in [0.1, 0.15) is 37.9 Å². The summed E-state index contributed by atoms with van der Waals surface area (Å²) in [7, 11) is 0. The van der Waals surface area contributed by atoms with Crippen LogP contribution in [0.4, 0.5) is 0 Å². The Morgan fingerprint density at radius 2 is 1.71 bits per heavy atom. The van der Waals surface area contributed by atoms with Crippen molar-refractivity contribution in [3.05, 3.63) is 59.7 Å². The van der Waals surface area contributed by atoms with Gasteiger partial charge in [-0.2, -0.15) is 0 Å². The average Bonchev–Trinajstić information content (AvgIpc) is 2.62.